The molecule has 0 radical (unpaired) electrons. The van der Waals surface area contributed by atoms with E-state index in [9.17, 15) is 4.79 Å². The number of nitrogens with one attached hydrogen (secondary N) is 1. The number of hydrogen-bond donors (Lipinski definition) is 3. The normalized spacial score (nSPS) is 9.64. The van der Waals surface area contributed by atoms with E-state index in [4.69, 9.17) is 10.8 Å². The maximum atomic E-state index is 10.7. The van der Waals surface area contributed by atoms with Crippen LogP contribution in [0.5, 0.6) is 0 Å². The summed E-state index contributed by atoms with van der Waals surface area (Å²) in [4.78, 5) is 10.7. The minimum Gasteiger partial charge on any atom is -0.463 e. The Hall–Kier alpha value is -0.650. The molecule has 0 atom stereocenters. The van der Waals surface area contributed by atoms with Gasteiger partial charge >= 0.3 is 5.97 Å². The molecule has 0 unspecified atom stereocenters. The van der Waals surface area contributed by atoms with E-state index in [0.29, 0.717) is 13.1 Å². The quantitative estimate of drug-likeness (QED) is 0.313. The first-order valence-corrected chi connectivity index (χ1v) is 3.48. The number of carbonyl (C=O) groups is 1. The fourth-order valence-electron chi connectivity index (χ4n) is 0.493. The van der Waals surface area contributed by atoms with Crippen LogP contribution in [-0.2, 0) is 9.53 Å². The molecule has 5 nitrogen and oxygen atoms in total. The van der Waals surface area contributed by atoms with Gasteiger partial charge in [0.05, 0.1) is 13.2 Å². The molecule has 11 heavy (non-hydrogen) atoms. The number of esters is 1. The standard InChI is InChI=1S/C6H14N2O3/c7-1-4-11-6(10)5-8-2-3-9/h8-9H,1-5,7H2. The Morgan fingerprint density at radius 1 is 1.64 bits per heavy atom. The van der Waals surface area contributed by atoms with E-state index >= 15 is 0 Å². The van der Waals surface area contributed by atoms with E-state index < -0.39 is 0 Å². The number of rotatable bonds is 6. The van der Waals surface area contributed by atoms with E-state index in [1.54, 1.807) is 0 Å². The zero-order valence-corrected chi connectivity index (χ0v) is 6.38. The van der Waals surface area contributed by atoms with E-state index in [-0.39, 0.29) is 25.7 Å². The predicted octanol–water partition coefficient (Wildman–Crippen LogP) is -1.93. The van der Waals surface area contributed by atoms with Gasteiger partial charge in [-0.3, -0.25) is 4.79 Å². The number of aliphatic hydroxyl groups excluding tert-OH is 1. The average molecular weight is 162 g/mol. The van der Waals surface area contributed by atoms with Crippen molar-refractivity contribution >= 4 is 5.97 Å². The number of hydrogen-bond acceptors (Lipinski definition) is 5. The van der Waals surface area contributed by atoms with Gasteiger partial charge in [-0.2, -0.15) is 0 Å². The Labute approximate surface area is 65.5 Å². The van der Waals surface area contributed by atoms with Crippen LogP contribution in [0.1, 0.15) is 0 Å². The third-order valence-electron chi connectivity index (χ3n) is 0.939. The lowest BCUT2D eigenvalue weighted by molar-refractivity contribution is -0.142. The lowest BCUT2D eigenvalue weighted by Crippen LogP contribution is -2.28. The summed E-state index contributed by atoms with van der Waals surface area (Å²) in [6, 6.07) is 0. The fraction of sp³-hybridized carbons (Fsp3) is 0.833. The summed E-state index contributed by atoms with van der Waals surface area (Å²) in [7, 11) is 0. The molecule has 0 aliphatic carbocycles. The fourth-order valence-corrected chi connectivity index (χ4v) is 0.493. The summed E-state index contributed by atoms with van der Waals surface area (Å²) in [5, 5.41) is 11.0. The summed E-state index contributed by atoms with van der Waals surface area (Å²) in [5.41, 5.74) is 5.09. The second kappa shape index (κ2) is 7.46. The topological polar surface area (TPSA) is 84.6 Å². The van der Waals surface area contributed by atoms with Crippen molar-refractivity contribution in [3.8, 4) is 0 Å². The average Bonchev–Trinajstić information content (AvgIpc) is 2.01. The van der Waals surface area contributed by atoms with Crippen LogP contribution in [-0.4, -0.2) is 43.9 Å². The summed E-state index contributed by atoms with van der Waals surface area (Å²) < 4.78 is 4.63. The molecule has 0 aliphatic heterocycles. The first-order chi connectivity index (χ1) is 5.31. The Bertz CT molecular complexity index is 108. The highest BCUT2D eigenvalue weighted by molar-refractivity contribution is 5.71. The van der Waals surface area contributed by atoms with Gasteiger partial charge in [0.25, 0.3) is 0 Å². The van der Waals surface area contributed by atoms with Gasteiger partial charge in [0.1, 0.15) is 6.61 Å². The van der Waals surface area contributed by atoms with Gasteiger partial charge in [-0.1, -0.05) is 0 Å². The lowest BCUT2D eigenvalue weighted by atomic mass is 10.6. The largest absolute Gasteiger partial charge is 0.463 e. The molecule has 0 amide bonds. The van der Waals surface area contributed by atoms with Crippen LogP contribution in [0.25, 0.3) is 0 Å². The van der Waals surface area contributed by atoms with Gasteiger partial charge < -0.3 is 20.9 Å². The summed E-state index contributed by atoms with van der Waals surface area (Å²) in [6.45, 7) is 1.13. The number of carbonyl (C=O) groups excluding carboxylic acids is 1. The van der Waals surface area contributed by atoms with E-state index in [0.717, 1.165) is 0 Å². The highest BCUT2D eigenvalue weighted by Crippen LogP contribution is 1.73. The van der Waals surface area contributed by atoms with Crippen molar-refractivity contribution in [3.63, 3.8) is 0 Å². The van der Waals surface area contributed by atoms with Gasteiger partial charge in [-0.25, -0.2) is 0 Å². The molecule has 0 aliphatic rings. The third-order valence-corrected chi connectivity index (χ3v) is 0.939. The van der Waals surface area contributed by atoms with Crippen molar-refractivity contribution in [2.75, 3.05) is 32.8 Å². The maximum absolute atomic E-state index is 10.7. The molecule has 66 valence electrons. The van der Waals surface area contributed by atoms with E-state index in [1.807, 2.05) is 0 Å². The van der Waals surface area contributed by atoms with Crippen molar-refractivity contribution in [1.29, 1.82) is 0 Å². The molecule has 0 spiro atoms. The molecule has 0 heterocycles. The minimum atomic E-state index is -0.344. The van der Waals surface area contributed by atoms with Crippen LogP contribution in [0.3, 0.4) is 0 Å². The molecule has 0 bridgehead atoms. The van der Waals surface area contributed by atoms with Crippen LogP contribution in [0, 0.1) is 0 Å². The zero-order chi connectivity index (χ0) is 8.53. The second-order valence-electron chi connectivity index (χ2n) is 1.91. The van der Waals surface area contributed by atoms with E-state index in [1.165, 1.54) is 0 Å². The molecule has 0 aromatic rings. The Morgan fingerprint density at radius 2 is 2.36 bits per heavy atom. The number of aliphatic hydroxyl groups is 1. The molecule has 0 saturated heterocycles. The number of ether oxygens (including phenoxy) is 1. The van der Waals surface area contributed by atoms with Crippen molar-refractivity contribution in [3.05, 3.63) is 0 Å². The molecule has 0 saturated carbocycles. The molecular weight excluding hydrogens is 148 g/mol. The Morgan fingerprint density at radius 3 is 2.91 bits per heavy atom. The monoisotopic (exact) mass is 162 g/mol. The molecule has 0 fully saturated rings. The molecular formula is C6H14N2O3. The predicted molar refractivity (Wildman–Crippen MR) is 40.0 cm³/mol. The first kappa shape index (κ1) is 10.3. The van der Waals surface area contributed by atoms with Crippen LogP contribution in [0.4, 0.5) is 0 Å². The summed E-state index contributed by atoms with van der Waals surface area (Å²) >= 11 is 0. The second-order valence-corrected chi connectivity index (χ2v) is 1.91. The summed E-state index contributed by atoms with van der Waals surface area (Å²) in [5.74, 6) is -0.344. The van der Waals surface area contributed by atoms with Gasteiger partial charge in [0, 0.05) is 13.1 Å². The smallest absolute Gasteiger partial charge is 0.319 e. The minimum absolute atomic E-state index is 0.0180. The Balaban J connectivity index is 3.09. The highest BCUT2D eigenvalue weighted by Gasteiger charge is 1.98. The maximum Gasteiger partial charge on any atom is 0.319 e. The molecule has 0 rings (SSSR count). The number of nitrogens with two attached hydrogens (primary N) is 1. The molecule has 0 aromatic heterocycles. The third kappa shape index (κ3) is 7.24. The van der Waals surface area contributed by atoms with Crippen LogP contribution < -0.4 is 11.1 Å². The SMILES string of the molecule is NCCOC(=O)CNCCO. The van der Waals surface area contributed by atoms with Crippen LogP contribution in [0.2, 0.25) is 0 Å². The van der Waals surface area contributed by atoms with Crippen molar-refractivity contribution < 1.29 is 14.6 Å². The summed E-state index contributed by atoms with van der Waals surface area (Å²) in [6.07, 6.45) is 0. The lowest BCUT2D eigenvalue weighted by Gasteiger charge is -2.02. The van der Waals surface area contributed by atoms with Crippen molar-refractivity contribution in [1.82, 2.24) is 5.32 Å². The van der Waals surface area contributed by atoms with Crippen molar-refractivity contribution in [2.24, 2.45) is 5.73 Å². The van der Waals surface area contributed by atoms with Crippen molar-refractivity contribution in [2.45, 2.75) is 0 Å². The zero-order valence-electron chi connectivity index (χ0n) is 6.38. The van der Waals surface area contributed by atoms with Gasteiger partial charge in [-0.15, -0.1) is 0 Å². The molecule has 4 N–H and O–H groups in total. The first-order valence-electron chi connectivity index (χ1n) is 3.48. The molecule has 5 heteroatoms. The molecule has 0 aromatic carbocycles. The van der Waals surface area contributed by atoms with Gasteiger partial charge in [0.2, 0.25) is 0 Å². The van der Waals surface area contributed by atoms with Crippen LogP contribution >= 0.6 is 0 Å². The van der Waals surface area contributed by atoms with Crippen LogP contribution in [0.15, 0.2) is 0 Å². The van der Waals surface area contributed by atoms with Gasteiger partial charge in [-0.05, 0) is 0 Å². The Kier molecular flexibility index (Phi) is 7.02. The van der Waals surface area contributed by atoms with Gasteiger partial charge in [0.15, 0.2) is 0 Å². The van der Waals surface area contributed by atoms with E-state index in [2.05, 4.69) is 10.1 Å². The highest BCUT2D eigenvalue weighted by atomic mass is 16.5.